The number of nitrogens with zero attached hydrogens (tertiary/aromatic N) is 5. The third-order valence-corrected chi connectivity index (χ3v) is 6.04. The van der Waals surface area contributed by atoms with Gasteiger partial charge < -0.3 is 19.9 Å². The van der Waals surface area contributed by atoms with E-state index in [1.807, 2.05) is 62.5 Å². The Kier molecular flexibility index (Phi) is 5.41. The van der Waals surface area contributed by atoms with Crippen LogP contribution in [0.3, 0.4) is 0 Å². The fraction of sp³-hybridized carbons (Fsp3) is 0.192. The average Bonchev–Trinajstić information content (AvgIpc) is 3.41. The molecule has 0 bridgehead atoms. The number of rotatable bonds is 5. The van der Waals surface area contributed by atoms with Crippen molar-refractivity contribution in [3.05, 3.63) is 82.9 Å². The number of para-hydroxylation sites is 1. The minimum absolute atomic E-state index is 0.0210. The Morgan fingerprint density at radius 2 is 1.83 bits per heavy atom. The van der Waals surface area contributed by atoms with Gasteiger partial charge >= 0.3 is 0 Å². The minimum Gasteiger partial charge on any atom is -0.497 e. The van der Waals surface area contributed by atoms with Gasteiger partial charge in [-0.05, 0) is 31.2 Å². The van der Waals surface area contributed by atoms with E-state index in [0.29, 0.717) is 28.6 Å². The summed E-state index contributed by atoms with van der Waals surface area (Å²) in [4.78, 5) is 0. The molecule has 1 aliphatic rings. The number of nitrogens with two attached hydrogens (primary N) is 1. The number of hydrogen-bond donors (Lipinski definition) is 1. The van der Waals surface area contributed by atoms with E-state index >= 15 is 0 Å². The second-order valence-corrected chi connectivity index (χ2v) is 8.14. The van der Waals surface area contributed by atoms with Gasteiger partial charge in [0.25, 0.3) is 0 Å². The zero-order valence-corrected chi connectivity index (χ0v) is 19.8. The number of aromatic nitrogens is 4. The maximum atomic E-state index is 10.1. The number of nitriles is 1. The van der Waals surface area contributed by atoms with Crippen molar-refractivity contribution < 1.29 is 14.2 Å². The summed E-state index contributed by atoms with van der Waals surface area (Å²) >= 11 is 0. The van der Waals surface area contributed by atoms with Crippen LogP contribution in [0.2, 0.25) is 0 Å². The molecule has 0 amide bonds. The number of benzene rings is 2. The van der Waals surface area contributed by atoms with Crippen LogP contribution in [0.15, 0.2) is 66.1 Å². The van der Waals surface area contributed by atoms with E-state index < -0.39 is 5.92 Å². The summed E-state index contributed by atoms with van der Waals surface area (Å²) < 4.78 is 20.6. The number of aryl methyl sites for hydroxylation is 2. The zero-order chi connectivity index (χ0) is 24.7. The van der Waals surface area contributed by atoms with Crippen LogP contribution in [0.4, 0.5) is 0 Å². The third-order valence-electron chi connectivity index (χ3n) is 6.04. The molecule has 0 saturated carbocycles. The van der Waals surface area contributed by atoms with Gasteiger partial charge in [0, 0.05) is 18.7 Å². The molecule has 1 unspecified atom stereocenters. The summed E-state index contributed by atoms with van der Waals surface area (Å²) in [7, 11) is 5.03. The second kappa shape index (κ2) is 8.57. The predicted octanol–water partition coefficient (Wildman–Crippen LogP) is 3.82. The average molecular weight is 469 g/mol. The Labute approximate surface area is 202 Å². The molecule has 9 nitrogen and oxygen atoms in total. The lowest BCUT2D eigenvalue weighted by Crippen LogP contribution is -2.22. The number of methoxy groups -OCH3 is 2. The molecule has 0 saturated heterocycles. The molecule has 35 heavy (non-hydrogen) atoms. The van der Waals surface area contributed by atoms with Crippen molar-refractivity contribution in [2.45, 2.75) is 12.8 Å². The molecule has 176 valence electrons. The molecule has 0 aliphatic carbocycles. The van der Waals surface area contributed by atoms with Gasteiger partial charge in [-0.3, -0.25) is 4.68 Å². The number of fused-ring (bicyclic) bond motifs is 1. The lowest BCUT2D eigenvalue weighted by molar-refractivity contribution is 0.363. The summed E-state index contributed by atoms with van der Waals surface area (Å²) in [5.74, 6) is 1.06. The monoisotopic (exact) mass is 468 g/mol. The Hall–Kier alpha value is -4.71. The van der Waals surface area contributed by atoms with Gasteiger partial charge in [-0.25, -0.2) is 0 Å². The molecule has 1 atom stereocenters. The van der Waals surface area contributed by atoms with Gasteiger partial charge in [0.15, 0.2) is 0 Å². The molecule has 3 heterocycles. The molecule has 5 rings (SSSR count). The molecule has 0 fully saturated rings. The summed E-state index contributed by atoms with van der Waals surface area (Å²) in [6.07, 6.45) is 0. The lowest BCUT2D eigenvalue weighted by Gasteiger charge is -2.26. The van der Waals surface area contributed by atoms with Crippen molar-refractivity contribution in [2.24, 2.45) is 12.8 Å². The van der Waals surface area contributed by atoms with E-state index in [0.717, 1.165) is 22.6 Å². The fourth-order valence-electron chi connectivity index (χ4n) is 4.47. The molecule has 0 spiro atoms. The summed E-state index contributed by atoms with van der Waals surface area (Å²) in [6.45, 7) is 1.92. The van der Waals surface area contributed by atoms with Crippen molar-refractivity contribution in [1.82, 2.24) is 19.6 Å². The molecular formula is C26H24N6O3. The quantitative estimate of drug-likeness (QED) is 0.474. The van der Waals surface area contributed by atoms with Crippen LogP contribution in [0.5, 0.6) is 17.4 Å². The van der Waals surface area contributed by atoms with Crippen molar-refractivity contribution in [3.63, 3.8) is 0 Å². The number of ether oxygens (including phenoxy) is 3. The summed E-state index contributed by atoms with van der Waals surface area (Å²) in [6, 6.07) is 19.3. The predicted molar refractivity (Wildman–Crippen MR) is 129 cm³/mol. The van der Waals surface area contributed by atoms with Crippen molar-refractivity contribution in [3.8, 4) is 40.5 Å². The van der Waals surface area contributed by atoms with Crippen LogP contribution in [-0.4, -0.2) is 33.8 Å². The van der Waals surface area contributed by atoms with Crippen LogP contribution in [0.1, 0.15) is 22.7 Å². The van der Waals surface area contributed by atoms with Crippen LogP contribution in [0, 0.1) is 18.3 Å². The standard InChI is InChI=1S/C26H24N6O3/c1-15-12-20(31(2)29-15)24-23-22(18-11-10-17(33-3)13-21(18)34-4)19(14-27)25(28)35-26(23)32(30-24)16-8-6-5-7-9-16/h5-13,22H,28H2,1-4H3. The van der Waals surface area contributed by atoms with E-state index in [2.05, 4.69) is 11.2 Å². The fourth-order valence-corrected chi connectivity index (χ4v) is 4.47. The Morgan fingerprint density at radius 3 is 2.46 bits per heavy atom. The van der Waals surface area contributed by atoms with Crippen molar-refractivity contribution in [2.75, 3.05) is 14.2 Å². The largest absolute Gasteiger partial charge is 0.497 e. The topological polar surface area (TPSA) is 113 Å². The van der Waals surface area contributed by atoms with E-state index in [1.165, 1.54) is 0 Å². The first kappa shape index (κ1) is 22.1. The molecular weight excluding hydrogens is 444 g/mol. The Balaban J connectivity index is 1.86. The summed E-state index contributed by atoms with van der Waals surface area (Å²) in [5, 5.41) is 19.6. The van der Waals surface area contributed by atoms with Gasteiger partial charge in [0.1, 0.15) is 28.8 Å². The first-order valence-electron chi connectivity index (χ1n) is 11.0. The molecule has 0 radical (unpaired) electrons. The van der Waals surface area contributed by atoms with E-state index in [4.69, 9.17) is 25.0 Å². The van der Waals surface area contributed by atoms with Gasteiger partial charge in [-0.2, -0.15) is 20.1 Å². The SMILES string of the molecule is COc1ccc(C2C(C#N)=C(N)Oc3c2c(-c2cc(C)nn2C)nn3-c2ccccc2)c(OC)c1. The first-order chi connectivity index (χ1) is 17.0. The molecule has 2 N–H and O–H groups in total. The van der Waals surface area contributed by atoms with Crippen molar-refractivity contribution >= 4 is 0 Å². The highest BCUT2D eigenvalue weighted by molar-refractivity contribution is 5.71. The molecule has 2 aromatic carbocycles. The Morgan fingerprint density at radius 1 is 1.06 bits per heavy atom. The Bertz CT molecular complexity index is 1490. The lowest BCUT2D eigenvalue weighted by atomic mass is 9.83. The number of allylic oxidation sites excluding steroid dienone is 1. The van der Waals surface area contributed by atoms with Gasteiger partial charge in [0.2, 0.25) is 11.8 Å². The van der Waals surface area contributed by atoms with E-state index in [-0.39, 0.29) is 11.5 Å². The van der Waals surface area contributed by atoms with Gasteiger partial charge in [0.05, 0.1) is 42.8 Å². The van der Waals surface area contributed by atoms with Crippen LogP contribution < -0.4 is 19.9 Å². The highest BCUT2D eigenvalue weighted by Crippen LogP contribution is 2.50. The van der Waals surface area contributed by atoms with Crippen molar-refractivity contribution in [1.29, 1.82) is 5.26 Å². The number of hydrogen-bond acceptors (Lipinski definition) is 7. The van der Waals surface area contributed by atoms with Gasteiger partial charge in [-0.15, -0.1) is 0 Å². The minimum atomic E-state index is -0.590. The van der Waals surface area contributed by atoms with E-state index in [9.17, 15) is 5.26 Å². The maximum absolute atomic E-state index is 10.1. The zero-order valence-electron chi connectivity index (χ0n) is 19.8. The normalized spacial score (nSPS) is 14.8. The molecule has 2 aromatic heterocycles. The molecule has 9 heteroatoms. The van der Waals surface area contributed by atoms with Crippen LogP contribution in [-0.2, 0) is 7.05 Å². The van der Waals surface area contributed by atoms with E-state index in [1.54, 1.807) is 29.6 Å². The highest BCUT2D eigenvalue weighted by atomic mass is 16.5. The molecule has 4 aromatic rings. The maximum Gasteiger partial charge on any atom is 0.229 e. The smallest absolute Gasteiger partial charge is 0.229 e. The molecule has 1 aliphatic heterocycles. The van der Waals surface area contributed by atoms with Crippen LogP contribution in [0.25, 0.3) is 17.1 Å². The first-order valence-corrected chi connectivity index (χ1v) is 11.0. The van der Waals surface area contributed by atoms with Crippen LogP contribution >= 0.6 is 0 Å². The highest BCUT2D eigenvalue weighted by Gasteiger charge is 2.39. The summed E-state index contributed by atoms with van der Waals surface area (Å²) in [5.41, 5.74) is 11.1. The second-order valence-electron chi connectivity index (χ2n) is 8.14. The van der Waals surface area contributed by atoms with Gasteiger partial charge in [-0.1, -0.05) is 24.3 Å². The third kappa shape index (κ3) is 3.56.